The van der Waals surface area contributed by atoms with Crippen molar-refractivity contribution in [1.29, 1.82) is 0 Å². The van der Waals surface area contributed by atoms with E-state index in [1.54, 1.807) is 30.3 Å². The maximum atomic E-state index is 14.1. The van der Waals surface area contributed by atoms with Crippen molar-refractivity contribution in [3.8, 4) is 0 Å². The van der Waals surface area contributed by atoms with E-state index in [9.17, 15) is 9.18 Å². The molecule has 0 aliphatic rings. The third-order valence-corrected chi connectivity index (χ3v) is 3.04. The number of nitrogens with zero attached hydrogens (tertiary/aromatic N) is 3. The molecule has 106 valence electrons. The predicted molar refractivity (Wildman–Crippen MR) is 76.9 cm³/mol. The molecule has 0 radical (unpaired) electrons. The maximum absolute atomic E-state index is 14.1. The average Bonchev–Trinajstić information content (AvgIpc) is 2.36. The second kappa shape index (κ2) is 5.32. The van der Waals surface area contributed by atoms with Gasteiger partial charge in [-0.3, -0.25) is 4.79 Å². The number of hydrogen-bond donors (Lipinski definition) is 1. The summed E-state index contributed by atoms with van der Waals surface area (Å²) in [5.74, 6) is -0.860. The van der Waals surface area contributed by atoms with Gasteiger partial charge in [-0.15, -0.1) is 0 Å². The molecule has 0 saturated heterocycles. The predicted octanol–water partition coefficient (Wildman–Crippen LogP) is 1.96. The van der Waals surface area contributed by atoms with Crippen LogP contribution in [-0.2, 0) is 4.79 Å². The Bertz CT molecular complexity index is 658. The van der Waals surface area contributed by atoms with Crippen molar-refractivity contribution in [2.75, 3.05) is 37.5 Å². The molecule has 1 heterocycles. The molecule has 0 unspecified atom stereocenters. The van der Waals surface area contributed by atoms with Crippen molar-refractivity contribution >= 4 is 28.2 Å². The fraction of sp³-hybridized carbons (Fsp3) is 0.286. The maximum Gasteiger partial charge on any atom is 0.323 e. The lowest BCUT2D eigenvalue weighted by Gasteiger charge is -2.21. The Morgan fingerprint density at radius 2 is 2.05 bits per heavy atom. The number of anilines is 2. The molecular formula is C14H16FN3O2. The minimum Gasteiger partial charge on any atom is -0.480 e. The van der Waals surface area contributed by atoms with Crippen molar-refractivity contribution in [3.05, 3.63) is 30.2 Å². The lowest BCUT2D eigenvalue weighted by molar-refractivity contribution is -0.135. The summed E-state index contributed by atoms with van der Waals surface area (Å²) in [6, 6.07) is 4.72. The number of rotatable bonds is 4. The van der Waals surface area contributed by atoms with Crippen LogP contribution in [0.5, 0.6) is 0 Å². The fourth-order valence-electron chi connectivity index (χ4n) is 2.15. The summed E-state index contributed by atoms with van der Waals surface area (Å²) in [6.07, 6.45) is 1.55. The van der Waals surface area contributed by atoms with Crippen LogP contribution in [0, 0.1) is 5.82 Å². The molecule has 1 aromatic heterocycles. The largest absolute Gasteiger partial charge is 0.480 e. The van der Waals surface area contributed by atoms with Gasteiger partial charge in [0.15, 0.2) is 0 Å². The quantitative estimate of drug-likeness (QED) is 0.925. The Morgan fingerprint density at radius 1 is 1.35 bits per heavy atom. The van der Waals surface area contributed by atoms with Gasteiger partial charge in [0.1, 0.15) is 18.2 Å². The molecular weight excluding hydrogens is 261 g/mol. The van der Waals surface area contributed by atoms with Gasteiger partial charge in [-0.05, 0) is 6.07 Å². The zero-order chi connectivity index (χ0) is 14.9. The number of aliphatic carboxylic acids is 1. The lowest BCUT2D eigenvalue weighted by Crippen LogP contribution is -2.26. The highest BCUT2D eigenvalue weighted by Gasteiger charge is 2.16. The van der Waals surface area contributed by atoms with Gasteiger partial charge in [0, 0.05) is 31.9 Å². The van der Waals surface area contributed by atoms with E-state index >= 15 is 0 Å². The Morgan fingerprint density at radius 3 is 2.65 bits per heavy atom. The topological polar surface area (TPSA) is 56.7 Å². The molecule has 0 bridgehead atoms. The molecule has 0 aliphatic heterocycles. The third-order valence-electron chi connectivity index (χ3n) is 3.04. The minimum absolute atomic E-state index is 0.195. The molecule has 0 aliphatic carbocycles. The SMILES string of the molecule is CN(C)c1cnc(N(C)CC(=O)O)c2cccc(F)c12. The summed E-state index contributed by atoms with van der Waals surface area (Å²) in [7, 11) is 5.24. The van der Waals surface area contributed by atoms with Gasteiger partial charge in [-0.2, -0.15) is 0 Å². The van der Waals surface area contributed by atoms with Crippen LogP contribution in [0.15, 0.2) is 24.4 Å². The molecule has 2 aromatic rings. The molecule has 5 nitrogen and oxygen atoms in total. The van der Waals surface area contributed by atoms with Crippen molar-refractivity contribution in [1.82, 2.24) is 4.98 Å². The fourth-order valence-corrected chi connectivity index (χ4v) is 2.15. The van der Waals surface area contributed by atoms with E-state index in [1.165, 1.54) is 11.0 Å². The smallest absolute Gasteiger partial charge is 0.323 e. The van der Waals surface area contributed by atoms with E-state index in [1.807, 2.05) is 14.1 Å². The molecule has 6 heteroatoms. The number of hydrogen-bond acceptors (Lipinski definition) is 4. The number of pyridine rings is 1. The number of benzene rings is 1. The Balaban J connectivity index is 2.67. The van der Waals surface area contributed by atoms with Gasteiger partial charge in [-0.25, -0.2) is 9.37 Å². The normalized spacial score (nSPS) is 10.6. The Labute approximate surface area is 116 Å². The van der Waals surface area contributed by atoms with Crippen molar-refractivity contribution in [2.24, 2.45) is 0 Å². The first-order valence-electron chi connectivity index (χ1n) is 6.09. The highest BCUT2D eigenvalue weighted by molar-refractivity contribution is 6.01. The van der Waals surface area contributed by atoms with E-state index in [0.29, 0.717) is 22.3 Å². The molecule has 0 atom stereocenters. The monoisotopic (exact) mass is 277 g/mol. The summed E-state index contributed by atoms with van der Waals surface area (Å²) in [4.78, 5) is 18.4. The molecule has 1 N–H and O–H groups in total. The van der Waals surface area contributed by atoms with Crippen molar-refractivity contribution in [2.45, 2.75) is 0 Å². The zero-order valence-corrected chi connectivity index (χ0v) is 11.6. The van der Waals surface area contributed by atoms with Crippen LogP contribution in [0.25, 0.3) is 10.8 Å². The average molecular weight is 277 g/mol. The molecule has 0 saturated carbocycles. The minimum atomic E-state index is -0.962. The Hall–Kier alpha value is -2.37. The van der Waals surface area contributed by atoms with Crippen molar-refractivity contribution < 1.29 is 14.3 Å². The first kappa shape index (κ1) is 14.0. The van der Waals surface area contributed by atoms with Gasteiger partial charge in [-0.1, -0.05) is 12.1 Å². The summed E-state index contributed by atoms with van der Waals surface area (Å²) >= 11 is 0. The standard InChI is InChI=1S/C14H16FN3O2/c1-17(2)11-7-16-14(18(3)8-12(19)20)9-5-4-6-10(15)13(9)11/h4-7H,8H2,1-3H3,(H,19,20). The van der Waals surface area contributed by atoms with Crippen LogP contribution in [0.4, 0.5) is 15.9 Å². The zero-order valence-electron chi connectivity index (χ0n) is 11.6. The molecule has 0 spiro atoms. The third kappa shape index (κ3) is 2.49. The summed E-state index contributed by atoms with van der Waals surface area (Å²) in [6.45, 7) is -0.195. The number of fused-ring (bicyclic) bond motifs is 1. The second-order valence-corrected chi connectivity index (χ2v) is 4.77. The van der Waals surface area contributed by atoms with Gasteiger partial charge in [0.25, 0.3) is 0 Å². The van der Waals surface area contributed by atoms with Gasteiger partial charge < -0.3 is 14.9 Å². The summed E-state index contributed by atoms with van der Waals surface area (Å²) in [5, 5.41) is 9.90. The van der Waals surface area contributed by atoms with Gasteiger partial charge in [0.05, 0.1) is 11.9 Å². The number of likely N-dealkylation sites (N-methyl/N-ethyl adjacent to an activating group) is 1. The first-order chi connectivity index (χ1) is 9.41. The number of carbonyl (C=O) groups is 1. The van der Waals surface area contributed by atoms with Gasteiger partial charge in [0.2, 0.25) is 0 Å². The number of carboxylic acid groups (broad SMARTS) is 1. The van der Waals surface area contributed by atoms with Gasteiger partial charge >= 0.3 is 5.97 Å². The molecule has 2 rings (SSSR count). The molecule has 0 fully saturated rings. The van der Waals surface area contributed by atoms with E-state index in [-0.39, 0.29) is 12.4 Å². The Kier molecular flexibility index (Phi) is 3.74. The van der Waals surface area contributed by atoms with Crippen LogP contribution >= 0.6 is 0 Å². The molecule has 0 amide bonds. The summed E-state index contributed by atoms with van der Waals surface area (Å²) < 4.78 is 14.1. The number of aromatic nitrogens is 1. The van der Waals surface area contributed by atoms with Crippen LogP contribution < -0.4 is 9.80 Å². The molecule has 1 aromatic carbocycles. The van der Waals surface area contributed by atoms with E-state index in [2.05, 4.69) is 4.98 Å². The first-order valence-corrected chi connectivity index (χ1v) is 6.09. The van der Waals surface area contributed by atoms with E-state index in [4.69, 9.17) is 5.11 Å². The van der Waals surface area contributed by atoms with Crippen molar-refractivity contribution in [3.63, 3.8) is 0 Å². The summed E-state index contributed by atoms with van der Waals surface area (Å²) in [5.41, 5.74) is 0.658. The number of carboxylic acids is 1. The highest BCUT2D eigenvalue weighted by Crippen LogP contribution is 2.32. The van der Waals surface area contributed by atoms with Crippen LogP contribution in [-0.4, -0.2) is 43.7 Å². The van der Waals surface area contributed by atoms with Crippen LogP contribution in [0.3, 0.4) is 0 Å². The highest BCUT2D eigenvalue weighted by atomic mass is 19.1. The van der Waals surface area contributed by atoms with Crippen LogP contribution in [0.1, 0.15) is 0 Å². The van der Waals surface area contributed by atoms with E-state index in [0.717, 1.165) is 0 Å². The molecule has 20 heavy (non-hydrogen) atoms. The second-order valence-electron chi connectivity index (χ2n) is 4.77. The lowest BCUT2D eigenvalue weighted by atomic mass is 10.1. The van der Waals surface area contributed by atoms with Crippen LogP contribution in [0.2, 0.25) is 0 Å². The number of halogens is 1. The van der Waals surface area contributed by atoms with E-state index < -0.39 is 5.97 Å².